The fraction of sp³-hybridized carbons (Fsp3) is 0.583. The molecule has 0 atom stereocenters. The number of aromatic nitrogens is 1. The summed E-state index contributed by atoms with van der Waals surface area (Å²) >= 11 is 0. The second kappa shape index (κ2) is 5.69. The first-order valence-electron chi connectivity index (χ1n) is 6.28. The van der Waals surface area contributed by atoms with Crippen molar-refractivity contribution in [3.05, 3.63) is 24.0 Å². The topological polar surface area (TPSA) is 59.1 Å². The summed E-state index contributed by atoms with van der Waals surface area (Å²) in [4.78, 5) is 3.05. The zero-order chi connectivity index (χ0) is 14.8. The van der Waals surface area contributed by atoms with Gasteiger partial charge in [-0.25, -0.2) is 8.42 Å². The van der Waals surface area contributed by atoms with E-state index >= 15 is 0 Å². The van der Waals surface area contributed by atoms with Crippen LogP contribution in [0, 0.1) is 5.92 Å². The smallest absolute Gasteiger partial charge is 0.317 e. The SMILES string of the molecule is O=S(=O)(c1ccc(CC2CCNCC2)nc1)C(F)(F)F. The molecule has 1 aliphatic heterocycles. The number of pyridine rings is 1. The van der Waals surface area contributed by atoms with E-state index in [9.17, 15) is 21.6 Å². The van der Waals surface area contributed by atoms with Gasteiger partial charge in [0.1, 0.15) is 0 Å². The quantitative estimate of drug-likeness (QED) is 0.927. The Bertz CT molecular complexity index is 549. The number of halogens is 3. The molecule has 1 N–H and O–H groups in total. The molecule has 0 unspecified atom stereocenters. The van der Waals surface area contributed by atoms with Gasteiger partial charge in [-0.2, -0.15) is 13.2 Å². The molecule has 1 aromatic heterocycles. The zero-order valence-electron chi connectivity index (χ0n) is 10.7. The van der Waals surface area contributed by atoms with Crippen LogP contribution in [0.5, 0.6) is 0 Å². The van der Waals surface area contributed by atoms with E-state index in [4.69, 9.17) is 0 Å². The highest BCUT2D eigenvalue weighted by Gasteiger charge is 2.47. The van der Waals surface area contributed by atoms with Gasteiger partial charge < -0.3 is 5.32 Å². The van der Waals surface area contributed by atoms with E-state index in [1.807, 2.05) is 0 Å². The van der Waals surface area contributed by atoms with Crippen molar-refractivity contribution in [2.75, 3.05) is 13.1 Å². The summed E-state index contributed by atoms with van der Waals surface area (Å²) in [5.41, 5.74) is -4.66. The molecule has 1 aliphatic rings. The summed E-state index contributed by atoms with van der Waals surface area (Å²) in [6.07, 6.45) is 3.43. The number of nitrogens with zero attached hydrogens (tertiary/aromatic N) is 1. The van der Waals surface area contributed by atoms with E-state index in [0.29, 0.717) is 18.0 Å². The number of alkyl halides is 3. The Morgan fingerprint density at radius 2 is 1.90 bits per heavy atom. The van der Waals surface area contributed by atoms with Gasteiger partial charge in [0, 0.05) is 11.9 Å². The molecule has 1 aromatic rings. The van der Waals surface area contributed by atoms with Crippen molar-refractivity contribution < 1.29 is 21.6 Å². The molecule has 0 aliphatic carbocycles. The van der Waals surface area contributed by atoms with Crippen molar-refractivity contribution in [3.63, 3.8) is 0 Å². The van der Waals surface area contributed by atoms with E-state index in [2.05, 4.69) is 10.3 Å². The number of hydrogen-bond acceptors (Lipinski definition) is 4. The van der Waals surface area contributed by atoms with Crippen LogP contribution >= 0.6 is 0 Å². The minimum atomic E-state index is -5.30. The molecule has 0 spiro atoms. The molecule has 1 saturated heterocycles. The molecule has 2 rings (SSSR count). The Balaban J connectivity index is 2.10. The van der Waals surface area contributed by atoms with Gasteiger partial charge >= 0.3 is 5.51 Å². The van der Waals surface area contributed by atoms with Gasteiger partial charge in [-0.1, -0.05) is 0 Å². The van der Waals surface area contributed by atoms with Crippen LogP contribution in [0.15, 0.2) is 23.2 Å². The second-order valence-corrected chi connectivity index (χ2v) is 6.77. The molecule has 20 heavy (non-hydrogen) atoms. The summed E-state index contributed by atoms with van der Waals surface area (Å²) < 4.78 is 59.5. The van der Waals surface area contributed by atoms with Gasteiger partial charge in [-0.15, -0.1) is 0 Å². The number of hydrogen-bond donors (Lipinski definition) is 1. The molecule has 0 radical (unpaired) electrons. The van der Waals surface area contributed by atoms with Gasteiger partial charge in [0.15, 0.2) is 0 Å². The van der Waals surface area contributed by atoms with Crippen LogP contribution in [-0.4, -0.2) is 32.0 Å². The predicted molar refractivity (Wildman–Crippen MR) is 66.8 cm³/mol. The second-order valence-electron chi connectivity index (χ2n) is 4.83. The highest BCUT2D eigenvalue weighted by molar-refractivity contribution is 7.92. The first-order valence-corrected chi connectivity index (χ1v) is 7.76. The Morgan fingerprint density at radius 1 is 1.25 bits per heavy atom. The summed E-state index contributed by atoms with van der Waals surface area (Å²) in [5.74, 6) is 0.439. The lowest BCUT2D eigenvalue weighted by atomic mass is 9.93. The summed E-state index contributed by atoms with van der Waals surface area (Å²) in [6.45, 7) is 1.84. The zero-order valence-corrected chi connectivity index (χ0v) is 11.5. The lowest BCUT2D eigenvalue weighted by Gasteiger charge is -2.22. The first kappa shape index (κ1) is 15.2. The fourth-order valence-electron chi connectivity index (χ4n) is 2.21. The maximum absolute atomic E-state index is 12.4. The maximum atomic E-state index is 12.4. The van der Waals surface area contributed by atoms with Crippen LogP contribution in [0.25, 0.3) is 0 Å². The largest absolute Gasteiger partial charge is 0.501 e. The Kier molecular flexibility index (Phi) is 4.33. The molecular weight excluding hydrogens is 293 g/mol. The third kappa shape index (κ3) is 3.29. The van der Waals surface area contributed by atoms with Crippen LogP contribution in [0.1, 0.15) is 18.5 Å². The van der Waals surface area contributed by atoms with Crippen molar-refractivity contribution >= 4 is 9.84 Å². The third-order valence-electron chi connectivity index (χ3n) is 3.37. The molecule has 112 valence electrons. The van der Waals surface area contributed by atoms with E-state index in [1.54, 1.807) is 0 Å². The minimum absolute atomic E-state index is 0.439. The highest BCUT2D eigenvalue weighted by Crippen LogP contribution is 2.30. The normalized spacial score (nSPS) is 18.1. The Labute approximate surface area is 115 Å². The van der Waals surface area contributed by atoms with Gasteiger partial charge in [-0.05, 0) is 50.4 Å². The van der Waals surface area contributed by atoms with Gasteiger partial charge in [0.05, 0.1) is 4.90 Å². The molecule has 4 nitrogen and oxygen atoms in total. The summed E-state index contributed by atoms with van der Waals surface area (Å²) in [6, 6.07) is 2.34. The summed E-state index contributed by atoms with van der Waals surface area (Å²) in [7, 11) is -5.30. The van der Waals surface area contributed by atoms with Crippen molar-refractivity contribution in [2.24, 2.45) is 5.92 Å². The van der Waals surface area contributed by atoms with Crippen molar-refractivity contribution in [2.45, 2.75) is 29.7 Å². The third-order valence-corrected chi connectivity index (χ3v) is 4.84. The molecule has 8 heteroatoms. The Morgan fingerprint density at radius 3 is 2.40 bits per heavy atom. The molecule has 1 fully saturated rings. The fourth-order valence-corrected chi connectivity index (χ4v) is 2.91. The van der Waals surface area contributed by atoms with Crippen molar-refractivity contribution in [3.8, 4) is 0 Å². The number of piperidine rings is 1. The van der Waals surface area contributed by atoms with Gasteiger partial charge in [0.25, 0.3) is 9.84 Å². The van der Waals surface area contributed by atoms with Crippen LogP contribution in [0.3, 0.4) is 0 Å². The van der Waals surface area contributed by atoms with Crippen LogP contribution in [0.4, 0.5) is 13.2 Å². The van der Waals surface area contributed by atoms with E-state index in [-0.39, 0.29) is 0 Å². The lowest BCUT2D eigenvalue weighted by Crippen LogP contribution is -2.28. The maximum Gasteiger partial charge on any atom is 0.501 e. The highest BCUT2D eigenvalue weighted by atomic mass is 32.2. The van der Waals surface area contributed by atoms with Crippen molar-refractivity contribution in [1.82, 2.24) is 10.3 Å². The van der Waals surface area contributed by atoms with E-state index < -0.39 is 20.2 Å². The predicted octanol–water partition coefficient (Wildman–Crippen LogP) is 1.92. The standard InChI is InChI=1S/C12H15F3N2O2S/c13-12(14,15)20(18,19)11-2-1-10(17-8-11)7-9-3-5-16-6-4-9/h1-2,8-9,16H,3-7H2. The molecular formula is C12H15F3N2O2S. The monoisotopic (exact) mass is 308 g/mol. The minimum Gasteiger partial charge on any atom is -0.317 e. The van der Waals surface area contributed by atoms with Crippen molar-refractivity contribution in [1.29, 1.82) is 0 Å². The molecule has 0 saturated carbocycles. The van der Waals surface area contributed by atoms with E-state index in [0.717, 1.165) is 38.2 Å². The number of rotatable bonds is 3. The summed E-state index contributed by atoms with van der Waals surface area (Å²) in [5, 5.41) is 3.22. The number of nitrogens with one attached hydrogen (secondary N) is 1. The lowest BCUT2D eigenvalue weighted by molar-refractivity contribution is -0.0436. The van der Waals surface area contributed by atoms with Crippen LogP contribution in [0.2, 0.25) is 0 Å². The first-order chi connectivity index (χ1) is 9.30. The van der Waals surface area contributed by atoms with Gasteiger partial charge in [0.2, 0.25) is 0 Å². The number of sulfone groups is 1. The van der Waals surface area contributed by atoms with Crippen LogP contribution in [-0.2, 0) is 16.3 Å². The molecule has 2 heterocycles. The van der Waals surface area contributed by atoms with E-state index in [1.165, 1.54) is 6.07 Å². The average Bonchev–Trinajstić information content (AvgIpc) is 2.39. The van der Waals surface area contributed by atoms with Gasteiger partial charge in [-0.3, -0.25) is 4.98 Å². The molecule has 0 bridgehead atoms. The average molecular weight is 308 g/mol. The van der Waals surface area contributed by atoms with Crippen LogP contribution < -0.4 is 5.32 Å². The Hall–Kier alpha value is -1.15. The molecule has 0 amide bonds. The molecule has 0 aromatic carbocycles.